The van der Waals surface area contributed by atoms with E-state index in [-0.39, 0.29) is 17.6 Å². The Kier molecular flexibility index (Phi) is 3.99. The second-order valence-electron chi connectivity index (χ2n) is 9.48. The van der Waals surface area contributed by atoms with E-state index in [1.54, 1.807) is 0 Å². The molecule has 3 heteroatoms. The first-order valence-electron chi connectivity index (χ1n) is 10.8. The Bertz CT molecular complexity index is 677. The van der Waals surface area contributed by atoms with Gasteiger partial charge in [0.05, 0.1) is 18.8 Å². The van der Waals surface area contributed by atoms with Crippen LogP contribution in [0.2, 0.25) is 0 Å². The predicted molar refractivity (Wildman–Crippen MR) is 101 cm³/mol. The van der Waals surface area contributed by atoms with Gasteiger partial charge in [-0.15, -0.1) is 0 Å². The Labute approximate surface area is 156 Å². The molecule has 0 aromatic heterocycles. The number of hydrogen-bond donors (Lipinski definition) is 1. The van der Waals surface area contributed by atoms with Gasteiger partial charge in [0.25, 0.3) is 0 Å². The van der Waals surface area contributed by atoms with Crippen molar-refractivity contribution in [1.29, 1.82) is 0 Å². The van der Waals surface area contributed by atoms with Crippen LogP contribution < -0.4 is 0 Å². The molecule has 4 aliphatic carbocycles. The number of hydrogen-bond acceptors (Lipinski definition) is 3. The van der Waals surface area contributed by atoms with Gasteiger partial charge in [-0.2, -0.15) is 0 Å². The van der Waals surface area contributed by atoms with Crippen molar-refractivity contribution in [3.05, 3.63) is 23.3 Å². The van der Waals surface area contributed by atoms with Gasteiger partial charge in [-0.25, -0.2) is 0 Å². The van der Waals surface area contributed by atoms with Crippen molar-refractivity contribution in [2.75, 3.05) is 13.2 Å². The summed E-state index contributed by atoms with van der Waals surface area (Å²) in [5.74, 6) is 3.03. The highest BCUT2D eigenvalue weighted by molar-refractivity contribution is 5.82. The van der Waals surface area contributed by atoms with E-state index in [0.29, 0.717) is 30.0 Å². The molecule has 0 saturated heterocycles. The maximum atomic E-state index is 12.0. The van der Waals surface area contributed by atoms with E-state index in [1.807, 2.05) is 0 Å². The second-order valence-corrected chi connectivity index (χ2v) is 9.48. The molecule has 0 aromatic rings. The summed E-state index contributed by atoms with van der Waals surface area (Å²) in [4.78, 5) is 12.0. The number of aliphatic hydroxyl groups excluding tert-OH is 1. The summed E-state index contributed by atoms with van der Waals surface area (Å²) in [6.45, 7) is 3.29. The van der Waals surface area contributed by atoms with Gasteiger partial charge in [-0.1, -0.05) is 24.6 Å². The van der Waals surface area contributed by atoms with Crippen LogP contribution >= 0.6 is 0 Å². The summed E-state index contributed by atoms with van der Waals surface area (Å²) in [6, 6.07) is 0. The van der Waals surface area contributed by atoms with E-state index in [1.165, 1.54) is 43.3 Å². The highest BCUT2D eigenvalue weighted by Gasteiger charge is 2.64. The SMILES string of the molecule is CC[C@]12CCC3C(CC(CO)=C4CC(=O)CC[C@@H]43)C1CC[C@@]21C=CCO1. The highest BCUT2D eigenvalue weighted by Crippen LogP contribution is 2.68. The number of ether oxygens (including phenoxy) is 1. The van der Waals surface area contributed by atoms with Gasteiger partial charge in [0.15, 0.2) is 0 Å². The minimum atomic E-state index is -0.0245. The molecule has 1 spiro atoms. The molecule has 3 fully saturated rings. The number of aliphatic hydroxyl groups is 1. The molecule has 26 heavy (non-hydrogen) atoms. The van der Waals surface area contributed by atoms with Gasteiger partial charge in [0, 0.05) is 18.3 Å². The fraction of sp³-hybridized carbons (Fsp3) is 0.783. The Morgan fingerprint density at radius 3 is 2.85 bits per heavy atom. The van der Waals surface area contributed by atoms with Crippen molar-refractivity contribution in [1.82, 2.24) is 0 Å². The van der Waals surface area contributed by atoms with Crippen LogP contribution in [-0.2, 0) is 9.53 Å². The lowest BCUT2D eigenvalue weighted by atomic mass is 9.49. The average molecular weight is 357 g/mol. The number of Topliss-reactive ketones (excluding diaryl/α,β-unsaturated/α-hetero) is 1. The molecular weight excluding hydrogens is 324 g/mol. The molecule has 1 N–H and O–H groups in total. The normalized spacial score (nSPS) is 47.2. The fourth-order valence-corrected chi connectivity index (χ4v) is 8.01. The van der Waals surface area contributed by atoms with Crippen molar-refractivity contribution in [2.45, 2.75) is 70.3 Å². The molecule has 3 unspecified atom stereocenters. The monoisotopic (exact) mass is 356 g/mol. The maximum absolute atomic E-state index is 12.0. The van der Waals surface area contributed by atoms with E-state index in [0.717, 1.165) is 31.8 Å². The third-order valence-corrected chi connectivity index (χ3v) is 9.04. The Hall–Kier alpha value is -0.930. The molecular formula is C23H32O3. The first kappa shape index (κ1) is 17.2. The van der Waals surface area contributed by atoms with Gasteiger partial charge in [0.1, 0.15) is 5.78 Å². The zero-order chi connectivity index (χ0) is 17.9. The van der Waals surface area contributed by atoms with Crippen molar-refractivity contribution in [3.63, 3.8) is 0 Å². The van der Waals surface area contributed by atoms with Crippen LogP contribution in [-0.4, -0.2) is 29.7 Å². The number of ketones is 1. The van der Waals surface area contributed by atoms with Gasteiger partial charge < -0.3 is 9.84 Å². The number of carbonyl (C=O) groups is 1. The maximum Gasteiger partial charge on any atom is 0.136 e. The van der Waals surface area contributed by atoms with Crippen molar-refractivity contribution >= 4 is 5.78 Å². The second kappa shape index (κ2) is 6.04. The standard InChI is InChI=1S/C23H32O3/c1-2-22-9-6-18-17-5-4-16(25)13-19(17)15(14-24)12-20(18)21(22)7-10-23(22)8-3-11-26-23/h3,8,17-18,20-21,24H,2,4-7,9-14H2,1H3/t17-,18?,20?,21?,22+,23+/m1/s1. The molecule has 0 radical (unpaired) electrons. The van der Waals surface area contributed by atoms with Crippen LogP contribution in [0, 0.1) is 29.1 Å². The van der Waals surface area contributed by atoms with Gasteiger partial charge in [-0.05, 0) is 74.2 Å². The average Bonchev–Trinajstić information content (AvgIpc) is 3.27. The van der Waals surface area contributed by atoms with Gasteiger partial charge in [0.2, 0.25) is 0 Å². The number of fused-ring (bicyclic) bond motifs is 6. The summed E-state index contributed by atoms with van der Waals surface area (Å²) >= 11 is 0. The summed E-state index contributed by atoms with van der Waals surface area (Å²) in [6.07, 6.45) is 14.2. The zero-order valence-corrected chi connectivity index (χ0v) is 16.0. The topological polar surface area (TPSA) is 46.5 Å². The lowest BCUT2D eigenvalue weighted by Crippen LogP contribution is -2.53. The van der Waals surface area contributed by atoms with Crippen LogP contribution in [0.1, 0.15) is 64.7 Å². The molecule has 0 bridgehead atoms. The van der Waals surface area contributed by atoms with Crippen LogP contribution in [0.15, 0.2) is 23.3 Å². The Balaban J connectivity index is 1.53. The molecule has 5 rings (SSSR count). The first-order valence-corrected chi connectivity index (χ1v) is 10.8. The van der Waals surface area contributed by atoms with E-state index >= 15 is 0 Å². The van der Waals surface area contributed by atoms with E-state index in [2.05, 4.69) is 19.1 Å². The molecule has 1 aliphatic heterocycles. The summed E-state index contributed by atoms with van der Waals surface area (Å²) in [7, 11) is 0. The van der Waals surface area contributed by atoms with Crippen LogP contribution in [0.3, 0.4) is 0 Å². The van der Waals surface area contributed by atoms with Crippen LogP contribution in [0.25, 0.3) is 0 Å². The smallest absolute Gasteiger partial charge is 0.136 e. The van der Waals surface area contributed by atoms with E-state index in [4.69, 9.17) is 4.74 Å². The number of rotatable bonds is 2. The Morgan fingerprint density at radius 2 is 2.12 bits per heavy atom. The quantitative estimate of drug-likeness (QED) is 0.754. The molecule has 3 nitrogen and oxygen atoms in total. The zero-order valence-electron chi connectivity index (χ0n) is 16.0. The molecule has 5 aliphatic rings. The lowest BCUT2D eigenvalue weighted by Gasteiger charge is -2.57. The number of carbonyl (C=O) groups excluding carboxylic acids is 1. The molecule has 0 aromatic carbocycles. The highest BCUT2D eigenvalue weighted by atomic mass is 16.5. The minimum absolute atomic E-state index is 0.0245. The molecule has 6 atom stereocenters. The first-order chi connectivity index (χ1) is 12.6. The van der Waals surface area contributed by atoms with Gasteiger partial charge >= 0.3 is 0 Å². The van der Waals surface area contributed by atoms with Crippen LogP contribution in [0.4, 0.5) is 0 Å². The fourth-order valence-electron chi connectivity index (χ4n) is 8.01. The van der Waals surface area contributed by atoms with E-state index < -0.39 is 0 Å². The minimum Gasteiger partial charge on any atom is -0.392 e. The molecule has 142 valence electrons. The van der Waals surface area contributed by atoms with Crippen LogP contribution in [0.5, 0.6) is 0 Å². The van der Waals surface area contributed by atoms with Gasteiger partial charge in [-0.3, -0.25) is 4.79 Å². The predicted octanol–water partition coefficient (Wildman–Crippen LogP) is 4.21. The number of allylic oxidation sites excluding steroid dienone is 1. The van der Waals surface area contributed by atoms with Crippen molar-refractivity contribution in [2.24, 2.45) is 29.1 Å². The van der Waals surface area contributed by atoms with Crippen molar-refractivity contribution < 1.29 is 14.6 Å². The largest absolute Gasteiger partial charge is 0.392 e. The summed E-state index contributed by atoms with van der Waals surface area (Å²) in [5, 5.41) is 10.1. The molecule has 0 amide bonds. The summed E-state index contributed by atoms with van der Waals surface area (Å²) < 4.78 is 6.40. The molecule has 3 saturated carbocycles. The molecule has 1 heterocycles. The Morgan fingerprint density at radius 1 is 1.23 bits per heavy atom. The summed E-state index contributed by atoms with van der Waals surface area (Å²) in [5.41, 5.74) is 2.80. The van der Waals surface area contributed by atoms with Crippen molar-refractivity contribution in [3.8, 4) is 0 Å². The van der Waals surface area contributed by atoms with E-state index in [9.17, 15) is 9.90 Å². The lowest BCUT2D eigenvalue weighted by molar-refractivity contribution is -0.126. The third-order valence-electron chi connectivity index (χ3n) is 9.04. The third kappa shape index (κ3) is 2.10.